The lowest BCUT2D eigenvalue weighted by molar-refractivity contribution is -0.123. The minimum atomic E-state index is -0.675. The Labute approximate surface area is 147 Å². The van der Waals surface area contributed by atoms with E-state index in [-0.39, 0.29) is 11.9 Å². The summed E-state index contributed by atoms with van der Waals surface area (Å²) in [6, 6.07) is 9.30. The first-order valence-electron chi connectivity index (χ1n) is 8.31. The van der Waals surface area contributed by atoms with E-state index in [4.69, 9.17) is 15.2 Å². The quantitative estimate of drug-likeness (QED) is 0.807. The van der Waals surface area contributed by atoms with Crippen LogP contribution in [0.1, 0.15) is 36.9 Å². The summed E-state index contributed by atoms with van der Waals surface area (Å²) in [6.45, 7) is 2.36. The molecule has 1 fully saturated rings. The molecular weight excluding hydrogens is 318 g/mol. The molecule has 1 aromatic carbocycles. The number of carbonyl (C=O) groups is 1. The summed E-state index contributed by atoms with van der Waals surface area (Å²) in [4.78, 5) is 16.1. The number of aromatic nitrogens is 1. The highest BCUT2D eigenvalue weighted by Gasteiger charge is 2.46. The predicted molar refractivity (Wildman–Crippen MR) is 94.3 cm³/mol. The Morgan fingerprint density at radius 3 is 2.64 bits per heavy atom. The van der Waals surface area contributed by atoms with Crippen LogP contribution in [0.4, 0.5) is 0 Å². The highest BCUT2D eigenvalue weighted by atomic mass is 16.5. The van der Waals surface area contributed by atoms with Gasteiger partial charge in [0.15, 0.2) is 11.5 Å². The minimum absolute atomic E-state index is 0.100. The van der Waals surface area contributed by atoms with Crippen LogP contribution in [-0.2, 0) is 11.4 Å². The van der Waals surface area contributed by atoms with Crippen molar-refractivity contribution in [1.29, 1.82) is 0 Å². The average molecular weight is 341 g/mol. The Hall–Kier alpha value is -2.60. The Bertz CT molecular complexity index is 745. The third-order valence-corrected chi connectivity index (χ3v) is 4.42. The third-order valence-electron chi connectivity index (χ3n) is 4.42. The molecule has 2 aromatic rings. The van der Waals surface area contributed by atoms with Crippen LogP contribution in [-0.4, -0.2) is 23.5 Å². The van der Waals surface area contributed by atoms with Gasteiger partial charge in [-0.3, -0.25) is 9.78 Å². The van der Waals surface area contributed by atoms with Gasteiger partial charge < -0.3 is 20.5 Å². The number of nitrogens with one attached hydrogen (secondary N) is 1. The SMILES string of the molecule is COc1cc(C(C)NC(=O)C2(N)CC2)ccc1OCc1ccncc1. The van der Waals surface area contributed by atoms with E-state index in [1.54, 1.807) is 19.5 Å². The van der Waals surface area contributed by atoms with Gasteiger partial charge in [0.05, 0.1) is 18.7 Å². The van der Waals surface area contributed by atoms with Crippen molar-refractivity contribution in [3.8, 4) is 11.5 Å². The van der Waals surface area contributed by atoms with Gasteiger partial charge in [0, 0.05) is 12.4 Å². The molecule has 6 nitrogen and oxygen atoms in total. The second-order valence-electron chi connectivity index (χ2n) is 6.41. The van der Waals surface area contributed by atoms with Crippen molar-refractivity contribution in [2.45, 2.75) is 38.0 Å². The molecule has 1 aromatic heterocycles. The fourth-order valence-electron chi connectivity index (χ4n) is 2.50. The minimum Gasteiger partial charge on any atom is -0.493 e. The number of ether oxygens (including phenoxy) is 2. The van der Waals surface area contributed by atoms with Crippen molar-refractivity contribution < 1.29 is 14.3 Å². The van der Waals surface area contributed by atoms with Crippen molar-refractivity contribution in [1.82, 2.24) is 10.3 Å². The highest BCUT2D eigenvalue weighted by Crippen LogP contribution is 2.34. The van der Waals surface area contributed by atoms with E-state index in [2.05, 4.69) is 10.3 Å². The number of benzene rings is 1. The fraction of sp³-hybridized carbons (Fsp3) is 0.368. The topological polar surface area (TPSA) is 86.5 Å². The summed E-state index contributed by atoms with van der Waals surface area (Å²) in [6.07, 6.45) is 4.95. The molecular formula is C19H23N3O3. The molecule has 132 valence electrons. The maximum Gasteiger partial charge on any atom is 0.240 e. The number of methoxy groups -OCH3 is 1. The first kappa shape index (κ1) is 17.2. The summed E-state index contributed by atoms with van der Waals surface area (Å²) in [5.74, 6) is 1.18. The van der Waals surface area contributed by atoms with E-state index >= 15 is 0 Å². The summed E-state index contributed by atoms with van der Waals surface area (Å²) < 4.78 is 11.3. The molecule has 0 radical (unpaired) electrons. The van der Waals surface area contributed by atoms with Crippen LogP contribution in [0.5, 0.6) is 11.5 Å². The fourth-order valence-corrected chi connectivity index (χ4v) is 2.50. The van der Waals surface area contributed by atoms with Crippen molar-refractivity contribution in [2.24, 2.45) is 5.73 Å². The van der Waals surface area contributed by atoms with Crippen LogP contribution in [0.15, 0.2) is 42.7 Å². The maximum absolute atomic E-state index is 12.1. The van der Waals surface area contributed by atoms with Crippen LogP contribution in [0.2, 0.25) is 0 Å². The van der Waals surface area contributed by atoms with Gasteiger partial charge in [0.25, 0.3) is 0 Å². The van der Waals surface area contributed by atoms with Crippen LogP contribution >= 0.6 is 0 Å². The van der Waals surface area contributed by atoms with Crippen LogP contribution in [0.3, 0.4) is 0 Å². The molecule has 3 rings (SSSR count). The molecule has 1 heterocycles. The lowest BCUT2D eigenvalue weighted by Gasteiger charge is -2.19. The molecule has 0 saturated heterocycles. The van der Waals surface area contributed by atoms with E-state index in [1.165, 1.54) is 0 Å². The Morgan fingerprint density at radius 2 is 2.00 bits per heavy atom. The smallest absolute Gasteiger partial charge is 0.240 e. The number of nitrogens with zero attached hydrogens (tertiary/aromatic N) is 1. The summed E-state index contributed by atoms with van der Waals surface area (Å²) in [7, 11) is 1.60. The molecule has 0 aliphatic heterocycles. The molecule has 0 bridgehead atoms. The van der Waals surface area contributed by atoms with Crippen molar-refractivity contribution in [3.63, 3.8) is 0 Å². The van der Waals surface area contributed by atoms with Crippen molar-refractivity contribution in [2.75, 3.05) is 7.11 Å². The van der Waals surface area contributed by atoms with Crippen molar-refractivity contribution >= 4 is 5.91 Å². The largest absolute Gasteiger partial charge is 0.493 e. The van der Waals surface area contributed by atoms with Gasteiger partial charge in [-0.15, -0.1) is 0 Å². The molecule has 1 atom stereocenters. The maximum atomic E-state index is 12.1. The number of pyridine rings is 1. The van der Waals surface area contributed by atoms with E-state index in [9.17, 15) is 4.79 Å². The predicted octanol–water partition coefficient (Wildman–Crippen LogP) is 2.34. The molecule has 0 spiro atoms. The number of carbonyl (C=O) groups excluding carboxylic acids is 1. The summed E-state index contributed by atoms with van der Waals surface area (Å²) >= 11 is 0. The van der Waals surface area contributed by atoms with Crippen LogP contribution in [0, 0.1) is 0 Å². The zero-order valence-corrected chi connectivity index (χ0v) is 14.5. The first-order valence-corrected chi connectivity index (χ1v) is 8.31. The molecule has 1 amide bonds. The van der Waals surface area contributed by atoms with Crippen LogP contribution in [0.25, 0.3) is 0 Å². The van der Waals surface area contributed by atoms with E-state index in [0.29, 0.717) is 18.1 Å². The standard InChI is InChI=1S/C19H23N3O3/c1-13(22-18(23)19(20)7-8-19)15-3-4-16(17(11-15)24-2)25-12-14-5-9-21-10-6-14/h3-6,9-11,13H,7-8,12,20H2,1-2H3,(H,22,23). The second-order valence-corrected chi connectivity index (χ2v) is 6.41. The average Bonchev–Trinajstić information content (AvgIpc) is 3.39. The molecule has 1 saturated carbocycles. The lowest BCUT2D eigenvalue weighted by atomic mass is 10.1. The van der Waals surface area contributed by atoms with E-state index in [0.717, 1.165) is 24.0 Å². The number of hydrogen-bond donors (Lipinski definition) is 2. The van der Waals surface area contributed by atoms with Gasteiger partial charge >= 0.3 is 0 Å². The Morgan fingerprint density at radius 1 is 1.28 bits per heavy atom. The molecule has 1 aliphatic carbocycles. The van der Waals surface area contributed by atoms with E-state index < -0.39 is 5.54 Å². The van der Waals surface area contributed by atoms with Gasteiger partial charge in [0.2, 0.25) is 5.91 Å². The summed E-state index contributed by atoms with van der Waals surface area (Å²) in [5.41, 5.74) is 7.22. The Kier molecular flexibility index (Phi) is 4.90. The molecule has 3 N–H and O–H groups in total. The molecule has 1 aliphatic rings. The molecule has 1 unspecified atom stereocenters. The monoisotopic (exact) mass is 341 g/mol. The van der Waals surface area contributed by atoms with Gasteiger partial charge in [-0.25, -0.2) is 0 Å². The van der Waals surface area contributed by atoms with Gasteiger partial charge in [0.1, 0.15) is 6.61 Å². The number of amides is 1. The zero-order valence-electron chi connectivity index (χ0n) is 14.5. The van der Waals surface area contributed by atoms with Gasteiger partial charge in [-0.2, -0.15) is 0 Å². The van der Waals surface area contributed by atoms with Gasteiger partial charge in [-0.05, 0) is 55.2 Å². The molecule has 25 heavy (non-hydrogen) atoms. The number of rotatable bonds is 7. The normalized spacial score (nSPS) is 16.0. The van der Waals surface area contributed by atoms with Crippen LogP contribution < -0.4 is 20.5 Å². The number of hydrogen-bond acceptors (Lipinski definition) is 5. The lowest BCUT2D eigenvalue weighted by Crippen LogP contribution is -2.43. The van der Waals surface area contributed by atoms with Gasteiger partial charge in [-0.1, -0.05) is 6.07 Å². The highest BCUT2D eigenvalue weighted by molar-refractivity contribution is 5.89. The molecule has 6 heteroatoms. The number of nitrogens with two attached hydrogens (primary N) is 1. The second kappa shape index (κ2) is 7.11. The zero-order chi connectivity index (χ0) is 17.9. The Balaban J connectivity index is 1.67. The third kappa shape index (κ3) is 4.09. The van der Waals surface area contributed by atoms with E-state index in [1.807, 2.05) is 37.3 Å². The summed E-state index contributed by atoms with van der Waals surface area (Å²) in [5, 5.41) is 2.96. The van der Waals surface area contributed by atoms with Crippen molar-refractivity contribution in [3.05, 3.63) is 53.9 Å². The first-order chi connectivity index (χ1) is 12.0.